The van der Waals surface area contributed by atoms with E-state index < -0.39 is 0 Å². The number of aliphatic imine (C=N–C) groups is 1. The minimum atomic E-state index is 0.469. The first kappa shape index (κ1) is 20.5. The van der Waals surface area contributed by atoms with Gasteiger partial charge >= 0.3 is 0 Å². The van der Waals surface area contributed by atoms with Crippen molar-refractivity contribution < 1.29 is 0 Å². The van der Waals surface area contributed by atoms with Crippen molar-refractivity contribution in [1.82, 2.24) is 30.5 Å². The average Bonchev–Trinajstić information content (AvgIpc) is 3.21. The van der Waals surface area contributed by atoms with Gasteiger partial charge in [0.2, 0.25) is 5.95 Å². The molecule has 1 saturated heterocycles. The highest BCUT2D eigenvalue weighted by atomic mass is 32.1. The fourth-order valence-electron chi connectivity index (χ4n) is 3.01. The van der Waals surface area contributed by atoms with Crippen LogP contribution in [0.5, 0.6) is 0 Å². The van der Waals surface area contributed by atoms with Gasteiger partial charge in [-0.3, -0.25) is 9.89 Å². The van der Waals surface area contributed by atoms with E-state index in [1.54, 1.807) is 30.8 Å². The number of piperazine rings is 1. The number of nitrogens with one attached hydrogen (secondary N) is 2. The number of rotatable bonds is 7. The summed E-state index contributed by atoms with van der Waals surface area (Å²) < 4.78 is 0. The zero-order valence-electron chi connectivity index (χ0n) is 16.9. The molecule has 3 heterocycles. The second-order valence-electron chi connectivity index (χ2n) is 7.05. The van der Waals surface area contributed by atoms with Crippen molar-refractivity contribution in [2.75, 3.05) is 51.2 Å². The molecule has 2 aromatic rings. The SMILES string of the molecule is CN=C(NCCN1CCN(c2ncccn2)CC1)NCc1nc(C(C)C)cs1. The van der Waals surface area contributed by atoms with Crippen LogP contribution in [0.25, 0.3) is 0 Å². The van der Waals surface area contributed by atoms with Gasteiger partial charge in [0.25, 0.3) is 0 Å². The number of hydrogen-bond donors (Lipinski definition) is 2. The van der Waals surface area contributed by atoms with Gasteiger partial charge in [0.1, 0.15) is 5.01 Å². The predicted octanol–water partition coefficient (Wildman–Crippen LogP) is 1.54. The second-order valence-corrected chi connectivity index (χ2v) is 7.99. The van der Waals surface area contributed by atoms with Crippen LogP contribution in [0.2, 0.25) is 0 Å². The van der Waals surface area contributed by atoms with Gasteiger partial charge in [-0.2, -0.15) is 0 Å². The van der Waals surface area contributed by atoms with E-state index in [1.165, 1.54) is 0 Å². The molecule has 9 heteroatoms. The molecule has 28 heavy (non-hydrogen) atoms. The average molecular weight is 403 g/mol. The van der Waals surface area contributed by atoms with Crippen LogP contribution in [-0.4, -0.2) is 72.1 Å². The fourth-order valence-corrected chi connectivity index (χ4v) is 3.91. The molecule has 0 atom stereocenters. The lowest BCUT2D eigenvalue weighted by atomic mass is 10.2. The van der Waals surface area contributed by atoms with Crippen LogP contribution in [-0.2, 0) is 6.54 Å². The van der Waals surface area contributed by atoms with Crippen LogP contribution in [0.1, 0.15) is 30.5 Å². The molecule has 0 radical (unpaired) electrons. The summed E-state index contributed by atoms with van der Waals surface area (Å²) in [4.78, 5) is 22.3. The van der Waals surface area contributed by atoms with Gasteiger partial charge in [-0.25, -0.2) is 15.0 Å². The first-order chi connectivity index (χ1) is 13.7. The summed E-state index contributed by atoms with van der Waals surface area (Å²) in [5.41, 5.74) is 1.16. The van der Waals surface area contributed by atoms with Crippen LogP contribution in [0.4, 0.5) is 5.95 Å². The Balaban J connectivity index is 1.34. The van der Waals surface area contributed by atoms with Crippen molar-refractivity contribution >= 4 is 23.2 Å². The molecule has 152 valence electrons. The molecule has 0 aliphatic carbocycles. The molecule has 0 spiro atoms. The van der Waals surface area contributed by atoms with Gasteiger partial charge < -0.3 is 15.5 Å². The van der Waals surface area contributed by atoms with Crippen molar-refractivity contribution in [3.05, 3.63) is 34.5 Å². The van der Waals surface area contributed by atoms with E-state index in [1.807, 2.05) is 6.07 Å². The van der Waals surface area contributed by atoms with E-state index in [9.17, 15) is 0 Å². The molecule has 8 nitrogen and oxygen atoms in total. The van der Waals surface area contributed by atoms with Crippen LogP contribution in [0.15, 0.2) is 28.8 Å². The normalized spacial score (nSPS) is 15.9. The van der Waals surface area contributed by atoms with E-state index in [0.29, 0.717) is 12.5 Å². The van der Waals surface area contributed by atoms with Crippen LogP contribution >= 0.6 is 11.3 Å². The third-order valence-electron chi connectivity index (χ3n) is 4.72. The Bertz CT molecular complexity index is 737. The number of nitrogens with zero attached hydrogens (tertiary/aromatic N) is 6. The zero-order valence-corrected chi connectivity index (χ0v) is 17.7. The highest BCUT2D eigenvalue weighted by Crippen LogP contribution is 2.17. The zero-order chi connectivity index (χ0) is 19.8. The van der Waals surface area contributed by atoms with E-state index in [2.05, 4.69) is 59.6 Å². The third-order valence-corrected chi connectivity index (χ3v) is 5.59. The minimum absolute atomic E-state index is 0.469. The predicted molar refractivity (Wildman–Crippen MR) is 115 cm³/mol. The molecule has 0 unspecified atom stereocenters. The molecule has 1 fully saturated rings. The van der Waals surface area contributed by atoms with E-state index in [4.69, 9.17) is 0 Å². The number of thiazole rings is 1. The fraction of sp³-hybridized carbons (Fsp3) is 0.579. The van der Waals surface area contributed by atoms with E-state index in [0.717, 1.165) is 61.9 Å². The van der Waals surface area contributed by atoms with Gasteiger partial charge in [-0.05, 0) is 12.0 Å². The lowest BCUT2D eigenvalue weighted by Gasteiger charge is -2.34. The maximum absolute atomic E-state index is 4.65. The summed E-state index contributed by atoms with van der Waals surface area (Å²) in [7, 11) is 1.80. The molecule has 1 aliphatic rings. The number of hydrogen-bond acceptors (Lipinski definition) is 7. The second kappa shape index (κ2) is 10.3. The van der Waals surface area contributed by atoms with Crippen LogP contribution in [0, 0.1) is 0 Å². The van der Waals surface area contributed by atoms with Crippen LogP contribution in [0.3, 0.4) is 0 Å². The summed E-state index contributed by atoms with van der Waals surface area (Å²) in [6.07, 6.45) is 3.60. The molecular weight excluding hydrogens is 372 g/mol. The standard InChI is InChI=1S/C19H30N8S/c1-15(2)16-14-28-17(25-16)13-24-18(20-3)21-7-8-26-9-11-27(12-10-26)19-22-5-4-6-23-19/h4-6,14-15H,7-13H2,1-3H3,(H2,20,21,24). The van der Waals surface area contributed by atoms with Crippen molar-refractivity contribution in [1.29, 1.82) is 0 Å². The summed E-state index contributed by atoms with van der Waals surface area (Å²) in [6, 6.07) is 1.85. The monoisotopic (exact) mass is 402 g/mol. The van der Waals surface area contributed by atoms with E-state index >= 15 is 0 Å². The van der Waals surface area contributed by atoms with Gasteiger partial charge in [-0.1, -0.05) is 13.8 Å². The summed E-state index contributed by atoms with van der Waals surface area (Å²) in [5.74, 6) is 2.11. The maximum Gasteiger partial charge on any atom is 0.225 e. The topological polar surface area (TPSA) is 81.6 Å². The Morgan fingerprint density at radius 2 is 1.93 bits per heavy atom. The molecule has 0 amide bonds. The van der Waals surface area contributed by atoms with Crippen molar-refractivity contribution in [3.63, 3.8) is 0 Å². The van der Waals surface area contributed by atoms with Crippen molar-refractivity contribution in [3.8, 4) is 0 Å². The molecule has 2 aromatic heterocycles. The Morgan fingerprint density at radius 1 is 1.18 bits per heavy atom. The summed E-state index contributed by atoms with van der Waals surface area (Å²) in [5, 5.41) is 9.97. The Morgan fingerprint density at radius 3 is 2.57 bits per heavy atom. The number of aromatic nitrogens is 3. The van der Waals surface area contributed by atoms with Gasteiger partial charge in [-0.15, -0.1) is 11.3 Å². The quantitative estimate of drug-likeness (QED) is 0.537. The molecule has 3 rings (SSSR count). The third kappa shape index (κ3) is 5.87. The van der Waals surface area contributed by atoms with Gasteiger partial charge in [0.05, 0.1) is 12.2 Å². The molecule has 1 aliphatic heterocycles. The van der Waals surface area contributed by atoms with Gasteiger partial charge in [0.15, 0.2) is 5.96 Å². The Hall–Kier alpha value is -2.26. The maximum atomic E-state index is 4.65. The highest BCUT2D eigenvalue weighted by Gasteiger charge is 2.18. The molecular formula is C19H30N8S. The minimum Gasteiger partial charge on any atom is -0.355 e. The Kier molecular flexibility index (Phi) is 7.55. The van der Waals surface area contributed by atoms with Crippen molar-refractivity contribution in [2.45, 2.75) is 26.3 Å². The van der Waals surface area contributed by atoms with Crippen molar-refractivity contribution in [2.24, 2.45) is 4.99 Å². The summed E-state index contributed by atoms with van der Waals surface area (Å²) in [6.45, 7) is 10.8. The number of guanidine groups is 1. The van der Waals surface area contributed by atoms with E-state index in [-0.39, 0.29) is 0 Å². The van der Waals surface area contributed by atoms with Gasteiger partial charge in [0, 0.05) is 64.1 Å². The summed E-state index contributed by atoms with van der Waals surface area (Å²) >= 11 is 1.70. The highest BCUT2D eigenvalue weighted by molar-refractivity contribution is 7.09. The lowest BCUT2D eigenvalue weighted by Crippen LogP contribution is -2.49. The lowest BCUT2D eigenvalue weighted by molar-refractivity contribution is 0.260. The molecule has 0 saturated carbocycles. The molecule has 0 aromatic carbocycles. The molecule has 0 bridgehead atoms. The number of anilines is 1. The van der Waals surface area contributed by atoms with Crippen LogP contribution < -0.4 is 15.5 Å². The smallest absolute Gasteiger partial charge is 0.225 e. The first-order valence-corrected chi connectivity index (χ1v) is 10.7. The molecule has 2 N–H and O–H groups in total. The largest absolute Gasteiger partial charge is 0.355 e. The Labute approximate surface area is 171 Å². The first-order valence-electron chi connectivity index (χ1n) is 9.79.